The summed E-state index contributed by atoms with van der Waals surface area (Å²) in [6, 6.07) is 2.30. The van der Waals surface area contributed by atoms with Gasteiger partial charge in [-0.3, -0.25) is 0 Å². The minimum absolute atomic E-state index is 0.0660. The van der Waals surface area contributed by atoms with Crippen molar-refractivity contribution in [3.05, 3.63) is 22.8 Å². The van der Waals surface area contributed by atoms with Gasteiger partial charge in [-0.15, -0.1) is 0 Å². The van der Waals surface area contributed by atoms with Crippen molar-refractivity contribution < 1.29 is 10.2 Å². The number of halogens is 1. The molecule has 5 heteroatoms. The maximum atomic E-state index is 9.23. The van der Waals surface area contributed by atoms with E-state index in [-0.39, 0.29) is 13.2 Å². The molecule has 1 atom stereocenters. The Bertz CT molecular complexity index is 401. The number of anilines is 1. The fraction of sp³-hybridized carbons (Fsp3) is 0.615. The van der Waals surface area contributed by atoms with Crippen LogP contribution in [-0.2, 0) is 6.61 Å². The SMILES string of the molecule is OCCCC1CCCN1c1cc(CO)c(Cl)cn1. The number of nitrogens with zero attached hydrogens (tertiary/aromatic N) is 2. The van der Waals surface area contributed by atoms with Gasteiger partial charge < -0.3 is 15.1 Å². The van der Waals surface area contributed by atoms with E-state index in [1.807, 2.05) is 6.07 Å². The second kappa shape index (κ2) is 6.36. The molecule has 0 aromatic carbocycles. The van der Waals surface area contributed by atoms with E-state index in [1.54, 1.807) is 6.20 Å². The van der Waals surface area contributed by atoms with E-state index in [0.717, 1.165) is 43.6 Å². The molecule has 0 amide bonds. The van der Waals surface area contributed by atoms with Crippen LogP contribution >= 0.6 is 11.6 Å². The van der Waals surface area contributed by atoms with E-state index in [9.17, 15) is 5.11 Å². The summed E-state index contributed by atoms with van der Waals surface area (Å²) in [7, 11) is 0. The summed E-state index contributed by atoms with van der Waals surface area (Å²) in [6.45, 7) is 1.15. The fourth-order valence-electron chi connectivity index (χ4n) is 2.51. The van der Waals surface area contributed by atoms with Gasteiger partial charge in [0.2, 0.25) is 0 Å². The van der Waals surface area contributed by atoms with Crippen LogP contribution in [0.1, 0.15) is 31.2 Å². The highest BCUT2D eigenvalue weighted by Gasteiger charge is 2.25. The number of aliphatic hydroxyl groups excluding tert-OH is 2. The fourth-order valence-corrected chi connectivity index (χ4v) is 2.67. The van der Waals surface area contributed by atoms with E-state index < -0.39 is 0 Å². The van der Waals surface area contributed by atoms with Gasteiger partial charge >= 0.3 is 0 Å². The summed E-state index contributed by atoms with van der Waals surface area (Å²) in [5.74, 6) is 0.879. The Balaban J connectivity index is 2.14. The van der Waals surface area contributed by atoms with E-state index in [1.165, 1.54) is 0 Å². The van der Waals surface area contributed by atoms with Crippen molar-refractivity contribution in [3.8, 4) is 0 Å². The molecular formula is C13H19ClN2O2. The van der Waals surface area contributed by atoms with Gasteiger partial charge in [-0.05, 0) is 31.7 Å². The molecule has 100 valence electrons. The molecule has 1 aromatic rings. The van der Waals surface area contributed by atoms with Crippen LogP contribution in [-0.4, -0.2) is 34.4 Å². The summed E-state index contributed by atoms with van der Waals surface area (Å²) < 4.78 is 0. The van der Waals surface area contributed by atoms with Crippen LogP contribution in [0.2, 0.25) is 5.02 Å². The number of aromatic nitrogens is 1. The zero-order chi connectivity index (χ0) is 13.0. The molecule has 18 heavy (non-hydrogen) atoms. The highest BCUT2D eigenvalue weighted by molar-refractivity contribution is 6.31. The lowest BCUT2D eigenvalue weighted by Gasteiger charge is -2.26. The summed E-state index contributed by atoms with van der Waals surface area (Å²) in [6.07, 6.45) is 5.69. The molecule has 0 aliphatic carbocycles. The number of pyridine rings is 1. The van der Waals surface area contributed by atoms with Crippen LogP contribution in [0.15, 0.2) is 12.3 Å². The van der Waals surface area contributed by atoms with Crippen LogP contribution in [0.3, 0.4) is 0 Å². The summed E-state index contributed by atoms with van der Waals surface area (Å²) in [5.41, 5.74) is 0.717. The molecular weight excluding hydrogens is 252 g/mol. The minimum Gasteiger partial charge on any atom is -0.396 e. The molecule has 1 saturated heterocycles. The van der Waals surface area contributed by atoms with E-state index >= 15 is 0 Å². The second-order valence-electron chi connectivity index (χ2n) is 4.65. The van der Waals surface area contributed by atoms with Crippen LogP contribution in [0.5, 0.6) is 0 Å². The van der Waals surface area contributed by atoms with Crippen LogP contribution in [0, 0.1) is 0 Å². The van der Waals surface area contributed by atoms with Crippen molar-refractivity contribution in [2.24, 2.45) is 0 Å². The number of hydrogen-bond donors (Lipinski definition) is 2. The summed E-state index contributed by atoms with van der Waals surface area (Å²) >= 11 is 5.95. The lowest BCUT2D eigenvalue weighted by Crippen LogP contribution is -2.30. The maximum absolute atomic E-state index is 9.23. The molecule has 0 saturated carbocycles. The predicted molar refractivity (Wildman–Crippen MR) is 71.9 cm³/mol. The van der Waals surface area contributed by atoms with Crippen LogP contribution in [0.25, 0.3) is 0 Å². The number of rotatable bonds is 5. The monoisotopic (exact) mass is 270 g/mol. The normalized spacial score (nSPS) is 19.5. The Kier molecular flexibility index (Phi) is 4.80. The average Bonchev–Trinajstić information content (AvgIpc) is 2.85. The maximum Gasteiger partial charge on any atom is 0.129 e. The molecule has 4 nitrogen and oxygen atoms in total. The van der Waals surface area contributed by atoms with Gasteiger partial charge in [-0.1, -0.05) is 11.6 Å². The van der Waals surface area contributed by atoms with Gasteiger partial charge in [0, 0.05) is 31.0 Å². The van der Waals surface area contributed by atoms with Gasteiger partial charge in [-0.2, -0.15) is 0 Å². The van der Waals surface area contributed by atoms with Gasteiger partial charge in [0.05, 0.1) is 11.6 Å². The topological polar surface area (TPSA) is 56.6 Å². The molecule has 1 fully saturated rings. The largest absolute Gasteiger partial charge is 0.396 e. The molecule has 2 rings (SSSR count). The summed E-state index contributed by atoms with van der Waals surface area (Å²) in [4.78, 5) is 6.60. The van der Waals surface area contributed by atoms with Crippen molar-refractivity contribution >= 4 is 17.4 Å². The van der Waals surface area contributed by atoms with Crippen molar-refractivity contribution in [3.63, 3.8) is 0 Å². The third-order valence-corrected chi connectivity index (χ3v) is 3.80. The van der Waals surface area contributed by atoms with Crippen LogP contribution in [0.4, 0.5) is 5.82 Å². The molecule has 0 radical (unpaired) electrons. The molecule has 1 aromatic heterocycles. The van der Waals surface area contributed by atoms with E-state index in [4.69, 9.17) is 16.7 Å². The Labute approximate surface area is 112 Å². The molecule has 1 unspecified atom stereocenters. The first kappa shape index (κ1) is 13.6. The molecule has 1 aliphatic rings. The Morgan fingerprint density at radius 2 is 2.28 bits per heavy atom. The number of hydrogen-bond acceptors (Lipinski definition) is 4. The highest BCUT2D eigenvalue weighted by Crippen LogP contribution is 2.28. The molecule has 1 aliphatic heterocycles. The lowest BCUT2D eigenvalue weighted by molar-refractivity contribution is 0.279. The van der Waals surface area contributed by atoms with Crippen molar-refractivity contribution in [2.45, 2.75) is 38.3 Å². The Morgan fingerprint density at radius 3 is 3.00 bits per heavy atom. The van der Waals surface area contributed by atoms with Gasteiger partial charge in [-0.25, -0.2) is 4.98 Å². The smallest absolute Gasteiger partial charge is 0.129 e. The second-order valence-corrected chi connectivity index (χ2v) is 5.05. The lowest BCUT2D eigenvalue weighted by atomic mass is 10.1. The first-order chi connectivity index (χ1) is 8.76. The van der Waals surface area contributed by atoms with Crippen molar-refractivity contribution in [1.82, 2.24) is 4.98 Å². The first-order valence-electron chi connectivity index (χ1n) is 6.39. The zero-order valence-electron chi connectivity index (χ0n) is 10.3. The molecule has 0 spiro atoms. The molecule has 2 heterocycles. The average molecular weight is 271 g/mol. The minimum atomic E-state index is -0.0660. The quantitative estimate of drug-likeness (QED) is 0.859. The highest BCUT2D eigenvalue weighted by atomic mass is 35.5. The number of aliphatic hydroxyl groups is 2. The Morgan fingerprint density at radius 1 is 1.44 bits per heavy atom. The third-order valence-electron chi connectivity index (χ3n) is 3.46. The Hall–Kier alpha value is -0.840. The standard InChI is InChI=1S/C13H19ClN2O2/c14-12-8-15-13(7-10(12)9-18)16-5-1-3-11(16)4-2-6-17/h7-8,11,17-18H,1-6,9H2. The van der Waals surface area contributed by atoms with Crippen LogP contribution < -0.4 is 4.90 Å². The van der Waals surface area contributed by atoms with Gasteiger partial charge in [0.1, 0.15) is 5.82 Å². The third kappa shape index (κ3) is 2.94. The molecule has 0 bridgehead atoms. The predicted octanol–water partition coefficient (Wildman–Crippen LogP) is 1.97. The summed E-state index contributed by atoms with van der Waals surface area (Å²) in [5, 5.41) is 18.7. The zero-order valence-corrected chi connectivity index (χ0v) is 11.1. The van der Waals surface area contributed by atoms with Gasteiger partial charge in [0.15, 0.2) is 0 Å². The van der Waals surface area contributed by atoms with Crippen molar-refractivity contribution in [1.29, 1.82) is 0 Å². The first-order valence-corrected chi connectivity index (χ1v) is 6.77. The van der Waals surface area contributed by atoms with Crippen molar-refractivity contribution in [2.75, 3.05) is 18.1 Å². The van der Waals surface area contributed by atoms with Gasteiger partial charge in [0.25, 0.3) is 0 Å². The van der Waals surface area contributed by atoms with E-state index in [0.29, 0.717) is 11.1 Å². The van der Waals surface area contributed by atoms with E-state index in [2.05, 4.69) is 9.88 Å². The molecule has 2 N–H and O–H groups in total.